The van der Waals surface area contributed by atoms with E-state index in [1.165, 1.54) is 0 Å². The molecule has 2 atom stereocenters. The largest absolute Gasteiger partial charge is 0.481 e. The van der Waals surface area contributed by atoms with Crippen LogP contribution in [0.2, 0.25) is 0 Å². The third-order valence-electron chi connectivity index (χ3n) is 5.85. The predicted molar refractivity (Wildman–Crippen MR) is 121 cm³/mol. The maximum absolute atomic E-state index is 12.7. The van der Waals surface area contributed by atoms with Gasteiger partial charge in [-0.05, 0) is 47.9 Å². The van der Waals surface area contributed by atoms with E-state index in [9.17, 15) is 4.79 Å². The van der Waals surface area contributed by atoms with Gasteiger partial charge in [0.2, 0.25) is 11.8 Å². The quantitative estimate of drug-likeness (QED) is 0.500. The number of anilines is 2. The molecule has 0 radical (unpaired) electrons. The highest BCUT2D eigenvalue weighted by Gasteiger charge is 2.44. The van der Waals surface area contributed by atoms with Crippen LogP contribution in [0.3, 0.4) is 0 Å². The molecule has 3 N–H and O–H groups in total. The third kappa shape index (κ3) is 3.62. The molecule has 1 amide bonds. The smallest absolute Gasteiger partial charge is 0.229 e. The average Bonchev–Trinajstić information content (AvgIpc) is 3.46. The molecule has 0 aliphatic heterocycles. The van der Waals surface area contributed by atoms with Gasteiger partial charge in [0.15, 0.2) is 0 Å². The second kappa shape index (κ2) is 7.60. The molecule has 2 unspecified atom stereocenters. The number of fused-ring (bicyclic) bond motifs is 1. The van der Waals surface area contributed by atoms with Gasteiger partial charge >= 0.3 is 0 Å². The van der Waals surface area contributed by atoms with Gasteiger partial charge in [0.1, 0.15) is 11.6 Å². The Labute approximate surface area is 184 Å². The number of rotatable bonds is 5. The van der Waals surface area contributed by atoms with Gasteiger partial charge in [0, 0.05) is 48.6 Å². The molecular weight excluding hydrogens is 406 g/mol. The zero-order valence-electron chi connectivity index (χ0n) is 18.0. The first kappa shape index (κ1) is 19.9. The number of carbonyl (C=O) groups is 1. The Bertz CT molecular complexity index is 1350. The van der Waals surface area contributed by atoms with Crippen molar-refractivity contribution in [3.05, 3.63) is 54.1 Å². The standard InChI is InChI=1S/C23H23N7O2/c1-12-4-21(32-3)26-9-17(12)19-5-13-6-20(25-10-18(13)22(24)28-19)29-23(31)16-7-15(16)14-8-27-30(2)11-14/h4-6,8-11,15-16H,7H2,1-3H3,(H2,24,28)(H,25,29,31). The van der Waals surface area contributed by atoms with Gasteiger partial charge < -0.3 is 15.8 Å². The number of aryl methyl sites for hydroxylation is 2. The lowest BCUT2D eigenvalue weighted by Crippen LogP contribution is -2.15. The van der Waals surface area contributed by atoms with Gasteiger partial charge in [-0.25, -0.2) is 15.0 Å². The second-order valence-corrected chi connectivity index (χ2v) is 8.11. The maximum atomic E-state index is 12.7. The summed E-state index contributed by atoms with van der Waals surface area (Å²) in [5.74, 6) is 1.50. The summed E-state index contributed by atoms with van der Waals surface area (Å²) in [5.41, 5.74) is 9.82. The van der Waals surface area contributed by atoms with Crippen molar-refractivity contribution in [2.24, 2.45) is 13.0 Å². The van der Waals surface area contributed by atoms with Gasteiger partial charge in [0.05, 0.1) is 19.0 Å². The molecule has 0 aromatic carbocycles. The number of carbonyl (C=O) groups excluding carboxylic acids is 1. The number of nitrogens with two attached hydrogens (primary N) is 1. The molecule has 162 valence electrons. The lowest BCUT2D eigenvalue weighted by molar-refractivity contribution is -0.117. The van der Waals surface area contributed by atoms with Crippen molar-refractivity contribution in [3.63, 3.8) is 0 Å². The van der Waals surface area contributed by atoms with Gasteiger partial charge in [-0.15, -0.1) is 0 Å². The molecule has 1 fully saturated rings. The number of pyridine rings is 3. The zero-order valence-corrected chi connectivity index (χ0v) is 18.0. The Morgan fingerprint density at radius 3 is 2.78 bits per heavy atom. The molecular formula is C23H23N7O2. The van der Waals surface area contributed by atoms with E-state index in [0.29, 0.717) is 23.2 Å². The maximum Gasteiger partial charge on any atom is 0.229 e. The number of methoxy groups -OCH3 is 1. The molecule has 4 aromatic heterocycles. The summed E-state index contributed by atoms with van der Waals surface area (Å²) in [4.78, 5) is 25.9. The monoisotopic (exact) mass is 429 g/mol. The van der Waals surface area contributed by atoms with Crippen LogP contribution in [-0.2, 0) is 11.8 Å². The number of nitrogen functional groups attached to an aromatic ring is 1. The Hall–Kier alpha value is -4.01. The molecule has 1 saturated carbocycles. The predicted octanol–water partition coefficient (Wildman–Crippen LogP) is 3.07. The molecule has 5 rings (SSSR count). The van der Waals surface area contributed by atoms with E-state index in [1.54, 1.807) is 24.2 Å². The van der Waals surface area contributed by atoms with Crippen LogP contribution in [0.5, 0.6) is 5.88 Å². The molecule has 0 saturated heterocycles. The highest BCUT2D eigenvalue weighted by atomic mass is 16.5. The van der Waals surface area contributed by atoms with Crippen molar-refractivity contribution >= 4 is 28.3 Å². The Morgan fingerprint density at radius 2 is 2.06 bits per heavy atom. The molecule has 0 bridgehead atoms. The number of hydrogen-bond donors (Lipinski definition) is 2. The van der Waals surface area contributed by atoms with E-state index in [4.69, 9.17) is 10.5 Å². The van der Waals surface area contributed by atoms with Crippen molar-refractivity contribution in [1.29, 1.82) is 0 Å². The fourth-order valence-electron chi connectivity index (χ4n) is 3.99. The molecule has 9 heteroatoms. The van der Waals surface area contributed by atoms with Crippen LogP contribution in [0, 0.1) is 12.8 Å². The number of ether oxygens (including phenoxy) is 1. The van der Waals surface area contributed by atoms with Crippen LogP contribution >= 0.6 is 0 Å². The molecule has 4 heterocycles. The van der Waals surface area contributed by atoms with E-state index in [0.717, 1.165) is 33.9 Å². The second-order valence-electron chi connectivity index (χ2n) is 8.11. The number of nitrogens with one attached hydrogen (secondary N) is 1. The molecule has 32 heavy (non-hydrogen) atoms. The third-order valence-corrected chi connectivity index (χ3v) is 5.85. The molecule has 9 nitrogen and oxygen atoms in total. The number of amides is 1. The van der Waals surface area contributed by atoms with Crippen LogP contribution in [0.25, 0.3) is 22.0 Å². The molecule has 0 spiro atoms. The zero-order chi connectivity index (χ0) is 22.4. The summed E-state index contributed by atoms with van der Waals surface area (Å²) >= 11 is 0. The van der Waals surface area contributed by atoms with Gasteiger partial charge in [-0.3, -0.25) is 9.48 Å². The van der Waals surface area contributed by atoms with Crippen LogP contribution in [0.15, 0.2) is 43.0 Å². The van der Waals surface area contributed by atoms with E-state index in [-0.39, 0.29) is 17.7 Å². The minimum absolute atomic E-state index is 0.0387. The van der Waals surface area contributed by atoms with E-state index in [2.05, 4.69) is 25.4 Å². The minimum Gasteiger partial charge on any atom is -0.481 e. The first-order valence-electron chi connectivity index (χ1n) is 10.3. The summed E-state index contributed by atoms with van der Waals surface area (Å²) in [7, 11) is 3.45. The fraction of sp³-hybridized carbons (Fsp3) is 0.261. The topological polar surface area (TPSA) is 121 Å². The molecule has 1 aliphatic carbocycles. The Morgan fingerprint density at radius 1 is 1.22 bits per heavy atom. The Balaban J connectivity index is 1.40. The van der Waals surface area contributed by atoms with Crippen LogP contribution in [0.1, 0.15) is 23.5 Å². The van der Waals surface area contributed by atoms with Gasteiger partial charge in [-0.1, -0.05) is 0 Å². The highest BCUT2D eigenvalue weighted by Crippen LogP contribution is 2.47. The van der Waals surface area contributed by atoms with Crippen molar-refractivity contribution in [1.82, 2.24) is 24.7 Å². The van der Waals surface area contributed by atoms with Crippen LogP contribution in [0.4, 0.5) is 11.6 Å². The average molecular weight is 429 g/mol. The first-order valence-corrected chi connectivity index (χ1v) is 10.3. The lowest BCUT2D eigenvalue weighted by Gasteiger charge is -2.11. The summed E-state index contributed by atoms with van der Waals surface area (Å²) in [5, 5.41) is 8.70. The van der Waals surface area contributed by atoms with Gasteiger partial charge in [-0.2, -0.15) is 5.10 Å². The lowest BCUT2D eigenvalue weighted by atomic mass is 10.1. The summed E-state index contributed by atoms with van der Waals surface area (Å²) in [6.07, 6.45) is 7.95. The number of hydrogen-bond acceptors (Lipinski definition) is 7. The summed E-state index contributed by atoms with van der Waals surface area (Å²) in [6, 6.07) is 5.60. The van der Waals surface area contributed by atoms with Crippen molar-refractivity contribution in [3.8, 4) is 17.1 Å². The molecule has 4 aromatic rings. The van der Waals surface area contributed by atoms with E-state index in [1.807, 2.05) is 44.6 Å². The Kier molecular flexibility index (Phi) is 4.73. The number of nitrogens with zero attached hydrogens (tertiary/aromatic N) is 5. The minimum atomic E-state index is -0.0669. The van der Waals surface area contributed by atoms with Gasteiger partial charge in [0.25, 0.3) is 0 Å². The van der Waals surface area contributed by atoms with E-state index >= 15 is 0 Å². The van der Waals surface area contributed by atoms with Crippen molar-refractivity contribution < 1.29 is 9.53 Å². The first-order chi connectivity index (χ1) is 15.4. The molecule has 1 aliphatic rings. The fourth-order valence-corrected chi connectivity index (χ4v) is 3.99. The van der Waals surface area contributed by atoms with Crippen molar-refractivity contribution in [2.75, 3.05) is 18.2 Å². The summed E-state index contributed by atoms with van der Waals surface area (Å²) in [6.45, 7) is 1.97. The highest BCUT2D eigenvalue weighted by molar-refractivity contribution is 5.98. The number of aromatic nitrogens is 5. The normalized spacial score (nSPS) is 17.3. The SMILES string of the molecule is COc1cc(C)c(-c2cc3cc(NC(=O)C4CC4c4cnn(C)c4)ncc3c(N)n2)cn1. The van der Waals surface area contributed by atoms with Crippen LogP contribution < -0.4 is 15.8 Å². The van der Waals surface area contributed by atoms with E-state index < -0.39 is 0 Å². The van der Waals surface area contributed by atoms with Crippen LogP contribution in [-0.4, -0.2) is 37.7 Å². The van der Waals surface area contributed by atoms with Crippen molar-refractivity contribution in [2.45, 2.75) is 19.3 Å². The summed E-state index contributed by atoms with van der Waals surface area (Å²) < 4.78 is 6.94.